The van der Waals surface area contributed by atoms with E-state index in [1.54, 1.807) is 0 Å². The summed E-state index contributed by atoms with van der Waals surface area (Å²) >= 11 is 0. The van der Waals surface area contributed by atoms with Gasteiger partial charge in [-0.1, -0.05) is 207 Å². The number of furan rings is 2. The molecule has 5 heteroatoms. The molecule has 0 bridgehead atoms. The number of nitrogens with zero attached hydrogens (tertiary/aromatic N) is 2. The second-order valence-corrected chi connectivity index (χ2v) is 25.8. The Hall–Kier alpha value is -9.94. The Balaban J connectivity index is 0.936. The number of hydrogen-bond donors (Lipinski definition) is 0. The second-order valence-electron chi connectivity index (χ2n) is 21.5. The van der Waals surface area contributed by atoms with E-state index < -0.39 is 8.07 Å². The highest BCUT2D eigenvalue weighted by molar-refractivity contribution is 7.03. The van der Waals surface area contributed by atoms with Crippen molar-refractivity contribution in [2.45, 2.75) is 13.1 Å². The van der Waals surface area contributed by atoms with Crippen molar-refractivity contribution in [2.24, 2.45) is 0 Å². The molecule has 0 saturated heterocycles. The van der Waals surface area contributed by atoms with Crippen molar-refractivity contribution in [3.05, 3.63) is 267 Å². The predicted molar refractivity (Wildman–Crippen MR) is 336 cm³/mol. The molecule has 0 radical (unpaired) electrons. The zero-order valence-corrected chi connectivity index (χ0v) is 44.6. The highest BCUT2D eigenvalue weighted by atomic mass is 28.3. The molecule has 0 unspecified atom stereocenters. The van der Waals surface area contributed by atoms with E-state index in [1.165, 1.54) is 53.8 Å². The molecule has 0 N–H and O–H groups in total. The van der Waals surface area contributed by atoms with Crippen LogP contribution >= 0.6 is 0 Å². The molecule has 0 saturated carbocycles. The Morgan fingerprint density at radius 1 is 0.278 bits per heavy atom. The van der Waals surface area contributed by atoms with Crippen LogP contribution in [0.5, 0.6) is 0 Å². The van der Waals surface area contributed by atoms with Gasteiger partial charge in [-0.05, 0) is 132 Å². The quantitative estimate of drug-likeness (QED) is 0.112. The molecular weight excluding hydrogens is 977 g/mol. The van der Waals surface area contributed by atoms with Gasteiger partial charge in [0.25, 0.3) is 0 Å². The fourth-order valence-electron chi connectivity index (χ4n) is 13.2. The molecule has 16 rings (SSSR count). The van der Waals surface area contributed by atoms with Crippen LogP contribution in [0.4, 0.5) is 34.1 Å². The third kappa shape index (κ3) is 6.93. The third-order valence-electron chi connectivity index (χ3n) is 16.8. The van der Waals surface area contributed by atoms with Crippen molar-refractivity contribution < 1.29 is 8.83 Å². The van der Waals surface area contributed by atoms with Gasteiger partial charge in [-0.15, -0.1) is 0 Å². The van der Waals surface area contributed by atoms with Crippen LogP contribution in [0.3, 0.4) is 0 Å². The second kappa shape index (κ2) is 17.5. The van der Waals surface area contributed by atoms with Crippen molar-refractivity contribution in [1.82, 2.24) is 0 Å². The normalized spacial score (nSPS) is 12.8. The smallest absolute Gasteiger partial charge is 0.159 e. The SMILES string of the molecule is C[Si]1(C)c2cc(N(c3ccccc3-c3ccccc3)c3cccc4c3oc3ccccc34)ccc2-c2cc3c4ccccc4c(N(c4ccc5oc6ccccc6c5c4)c4ccccc4-c4ccccc4)cc3c3cccc1c23. The average Bonchev–Trinajstić information content (AvgIpc) is 4.25. The maximum Gasteiger partial charge on any atom is 0.159 e. The number of hydrogen-bond acceptors (Lipinski definition) is 4. The summed E-state index contributed by atoms with van der Waals surface area (Å²) in [6, 6.07) is 97.6. The van der Waals surface area contributed by atoms with Gasteiger partial charge in [-0.3, -0.25) is 0 Å². The van der Waals surface area contributed by atoms with Gasteiger partial charge >= 0.3 is 0 Å². The molecule has 2 aromatic heterocycles. The van der Waals surface area contributed by atoms with Crippen LogP contribution in [0.2, 0.25) is 13.1 Å². The van der Waals surface area contributed by atoms with Crippen LogP contribution in [-0.4, -0.2) is 8.07 Å². The third-order valence-corrected chi connectivity index (χ3v) is 20.3. The van der Waals surface area contributed by atoms with Crippen molar-refractivity contribution >= 4 is 129 Å². The van der Waals surface area contributed by atoms with E-state index in [2.05, 4.69) is 284 Å². The summed E-state index contributed by atoms with van der Waals surface area (Å²) in [5, 5.41) is 14.7. The minimum Gasteiger partial charge on any atom is -0.456 e. The zero-order valence-electron chi connectivity index (χ0n) is 43.6. The summed E-state index contributed by atoms with van der Waals surface area (Å²) < 4.78 is 13.3. The highest BCUT2D eigenvalue weighted by Crippen LogP contribution is 2.51. The molecule has 0 atom stereocenters. The summed E-state index contributed by atoms with van der Waals surface area (Å²) in [5.74, 6) is 0. The Morgan fingerprint density at radius 3 is 1.51 bits per heavy atom. The first-order chi connectivity index (χ1) is 39.0. The summed E-state index contributed by atoms with van der Waals surface area (Å²) in [6.07, 6.45) is 0. The number of rotatable bonds is 8. The van der Waals surface area contributed by atoms with Crippen molar-refractivity contribution in [3.8, 4) is 33.4 Å². The van der Waals surface area contributed by atoms with Gasteiger partial charge in [0.05, 0.1) is 22.7 Å². The molecule has 0 amide bonds. The molecule has 15 aromatic rings. The van der Waals surface area contributed by atoms with Gasteiger partial charge in [0.2, 0.25) is 0 Å². The van der Waals surface area contributed by atoms with Gasteiger partial charge in [-0.25, -0.2) is 0 Å². The summed E-state index contributed by atoms with van der Waals surface area (Å²) in [6.45, 7) is 5.09. The molecule has 0 fully saturated rings. The van der Waals surface area contributed by atoms with Gasteiger partial charge < -0.3 is 18.6 Å². The molecule has 1 aliphatic heterocycles. The van der Waals surface area contributed by atoms with Gasteiger partial charge in [0, 0.05) is 49.4 Å². The van der Waals surface area contributed by atoms with E-state index in [0.29, 0.717) is 0 Å². The van der Waals surface area contributed by atoms with Crippen molar-refractivity contribution in [3.63, 3.8) is 0 Å². The molecule has 1 aliphatic rings. The Bertz CT molecular complexity index is 4960. The fourth-order valence-corrected chi connectivity index (χ4v) is 16.3. The molecule has 0 spiro atoms. The molecule has 13 aromatic carbocycles. The molecular formula is C74H50N2O2Si. The van der Waals surface area contributed by atoms with Crippen LogP contribution in [0.25, 0.3) is 110 Å². The summed E-state index contributed by atoms with van der Waals surface area (Å²) in [5.41, 5.74) is 17.2. The van der Waals surface area contributed by atoms with Gasteiger partial charge in [-0.2, -0.15) is 0 Å². The van der Waals surface area contributed by atoms with Crippen LogP contribution in [0.15, 0.2) is 276 Å². The van der Waals surface area contributed by atoms with E-state index in [-0.39, 0.29) is 0 Å². The van der Waals surface area contributed by atoms with Crippen LogP contribution in [0.1, 0.15) is 0 Å². The zero-order chi connectivity index (χ0) is 52.3. The Kier molecular flexibility index (Phi) is 10.1. The first kappa shape index (κ1) is 45.3. The van der Waals surface area contributed by atoms with E-state index >= 15 is 0 Å². The van der Waals surface area contributed by atoms with E-state index in [9.17, 15) is 0 Å². The molecule has 4 nitrogen and oxygen atoms in total. The van der Waals surface area contributed by atoms with Crippen molar-refractivity contribution in [2.75, 3.05) is 9.80 Å². The molecule has 3 heterocycles. The van der Waals surface area contributed by atoms with Crippen LogP contribution in [-0.2, 0) is 0 Å². The van der Waals surface area contributed by atoms with Crippen molar-refractivity contribution in [1.29, 1.82) is 0 Å². The van der Waals surface area contributed by atoms with Crippen LogP contribution < -0.4 is 20.2 Å². The Morgan fingerprint density at radius 2 is 0.785 bits per heavy atom. The molecule has 79 heavy (non-hydrogen) atoms. The van der Waals surface area contributed by atoms with Crippen LogP contribution in [0, 0.1) is 0 Å². The Labute approximate surface area is 458 Å². The van der Waals surface area contributed by atoms with E-state index in [4.69, 9.17) is 8.83 Å². The predicted octanol–water partition coefficient (Wildman–Crippen LogP) is 20.0. The minimum absolute atomic E-state index is 0.867. The number of benzene rings is 13. The lowest BCUT2D eigenvalue weighted by Crippen LogP contribution is -2.56. The summed E-state index contributed by atoms with van der Waals surface area (Å²) in [4.78, 5) is 4.93. The highest BCUT2D eigenvalue weighted by Gasteiger charge is 2.37. The fraction of sp³-hybridized carbons (Fsp3) is 0.0270. The monoisotopic (exact) mass is 1030 g/mol. The van der Waals surface area contributed by atoms with E-state index in [1.807, 2.05) is 6.07 Å². The number of anilines is 6. The maximum absolute atomic E-state index is 6.86. The van der Waals surface area contributed by atoms with E-state index in [0.717, 1.165) is 100 Å². The maximum atomic E-state index is 6.86. The molecule has 372 valence electrons. The number of fused-ring (bicyclic) bond motifs is 12. The first-order valence-electron chi connectivity index (χ1n) is 27.2. The lowest BCUT2D eigenvalue weighted by Gasteiger charge is -2.36. The van der Waals surface area contributed by atoms with Gasteiger partial charge in [0.15, 0.2) is 5.58 Å². The topological polar surface area (TPSA) is 32.8 Å². The number of para-hydroxylation sites is 5. The largest absolute Gasteiger partial charge is 0.456 e. The average molecular weight is 1030 g/mol. The summed E-state index contributed by atoms with van der Waals surface area (Å²) in [7, 11) is -2.44. The standard InChI is InChI=1S/C74H50N2O2Si/c1-79(2)71-38-20-31-58-61-46-67(76(65-34-16-12-26-52(65)48-23-7-4-8-24-48)49-40-42-70-62(43-49)56-30-14-17-36-68(56)77-70)54-28-10-9-27-53(54)60(61)45-63(73(58)71)57-41-39-50(44-72(57)79)75(64-33-15-11-25-51(64)47-21-5-3-6-22-47)66-35-19-32-59-55-29-13-18-37-69(55)78-74(59)66/h3-46H,1-2H3. The first-order valence-corrected chi connectivity index (χ1v) is 30.2. The molecule has 0 aliphatic carbocycles. The lowest BCUT2D eigenvalue weighted by molar-refractivity contribution is 0.668. The van der Waals surface area contributed by atoms with Gasteiger partial charge in [0.1, 0.15) is 24.8 Å². The minimum atomic E-state index is -2.44. The lowest BCUT2D eigenvalue weighted by atomic mass is 9.89.